The molecule has 1 saturated heterocycles. The highest BCUT2D eigenvalue weighted by Crippen LogP contribution is 2.35. The minimum absolute atomic E-state index is 0.0410. The van der Waals surface area contributed by atoms with Crippen LogP contribution in [0.1, 0.15) is 12.6 Å². The summed E-state index contributed by atoms with van der Waals surface area (Å²) in [5.74, 6) is -1.03. The number of anilines is 1. The third kappa shape index (κ3) is 2.13. The minimum atomic E-state index is -0.864. The van der Waals surface area contributed by atoms with E-state index >= 15 is 0 Å². The van der Waals surface area contributed by atoms with Crippen LogP contribution >= 0.6 is 0 Å². The summed E-state index contributed by atoms with van der Waals surface area (Å²) in [7, 11) is 1.63. The van der Waals surface area contributed by atoms with Crippen LogP contribution in [-0.4, -0.2) is 38.9 Å². The molecule has 0 spiro atoms. The van der Waals surface area contributed by atoms with Crippen LogP contribution in [0.4, 0.5) is 11.5 Å². The number of carbonyl (C=O) groups is 1. The van der Waals surface area contributed by atoms with E-state index in [-0.39, 0.29) is 18.2 Å². The number of rotatable bonds is 3. The zero-order valence-electron chi connectivity index (χ0n) is 11.0. The van der Waals surface area contributed by atoms with Crippen LogP contribution in [-0.2, 0) is 11.8 Å². The molecule has 1 aliphatic rings. The second-order valence-corrected chi connectivity index (χ2v) is 4.97. The van der Waals surface area contributed by atoms with Crippen molar-refractivity contribution in [3.8, 4) is 0 Å². The number of nitro groups is 1. The SMILES string of the molecule is Cc1nn(C)c(N2CC(C)C(C(=O)O)C2)c1[N+](=O)[O-]. The van der Waals surface area contributed by atoms with Gasteiger partial charge in [0, 0.05) is 20.1 Å². The predicted octanol–water partition coefficient (Wildman–Crippen LogP) is 0.794. The molecular formula is C11H16N4O4. The molecule has 0 radical (unpaired) electrons. The molecule has 1 aromatic rings. The van der Waals surface area contributed by atoms with Crippen molar-refractivity contribution in [1.82, 2.24) is 9.78 Å². The van der Waals surface area contributed by atoms with Crippen LogP contribution in [0.15, 0.2) is 0 Å². The van der Waals surface area contributed by atoms with E-state index in [9.17, 15) is 14.9 Å². The van der Waals surface area contributed by atoms with Crippen LogP contribution in [0, 0.1) is 28.9 Å². The van der Waals surface area contributed by atoms with E-state index in [2.05, 4.69) is 5.10 Å². The van der Waals surface area contributed by atoms with Gasteiger partial charge in [-0.05, 0) is 12.8 Å². The maximum atomic E-state index is 11.1. The maximum Gasteiger partial charge on any atom is 0.333 e. The number of carboxylic acid groups (broad SMARTS) is 1. The Hall–Kier alpha value is -2.12. The summed E-state index contributed by atoms with van der Waals surface area (Å²) < 4.78 is 1.45. The monoisotopic (exact) mass is 268 g/mol. The van der Waals surface area contributed by atoms with Gasteiger partial charge in [-0.3, -0.25) is 14.9 Å². The Balaban J connectivity index is 2.39. The first-order valence-corrected chi connectivity index (χ1v) is 5.98. The molecule has 8 heteroatoms. The quantitative estimate of drug-likeness (QED) is 0.642. The smallest absolute Gasteiger partial charge is 0.333 e. The van der Waals surface area contributed by atoms with Crippen LogP contribution < -0.4 is 4.90 Å². The number of aryl methyl sites for hydroxylation is 2. The van der Waals surface area contributed by atoms with E-state index in [4.69, 9.17) is 5.11 Å². The Morgan fingerprint density at radius 3 is 2.63 bits per heavy atom. The molecule has 1 aromatic heterocycles. The molecule has 0 saturated carbocycles. The summed E-state index contributed by atoms with van der Waals surface area (Å²) >= 11 is 0. The van der Waals surface area contributed by atoms with Crippen LogP contribution in [0.5, 0.6) is 0 Å². The van der Waals surface area contributed by atoms with Crippen molar-refractivity contribution in [2.75, 3.05) is 18.0 Å². The Kier molecular flexibility index (Phi) is 3.17. The molecule has 2 atom stereocenters. The fourth-order valence-corrected chi connectivity index (χ4v) is 2.66. The zero-order chi connectivity index (χ0) is 14.3. The van der Waals surface area contributed by atoms with Crippen molar-refractivity contribution >= 4 is 17.5 Å². The second-order valence-electron chi connectivity index (χ2n) is 4.97. The van der Waals surface area contributed by atoms with Gasteiger partial charge in [0.2, 0.25) is 5.82 Å². The van der Waals surface area contributed by atoms with Gasteiger partial charge in [0.25, 0.3) is 0 Å². The fourth-order valence-electron chi connectivity index (χ4n) is 2.66. The van der Waals surface area contributed by atoms with E-state index in [1.165, 1.54) is 4.68 Å². The number of hydrogen-bond donors (Lipinski definition) is 1. The lowest BCUT2D eigenvalue weighted by atomic mass is 9.99. The molecule has 0 aliphatic carbocycles. The molecule has 2 unspecified atom stereocenters. The maximum absolute atomic E-state index is 11.1. The van der Waals surface area contributed by atoms with E-state index < -0.39 is 16.8 Å². The van der Waals surface area contributed by atoms with Crippen molar-refractivity contribution in [3.05, 3.63) is 15.8 Å². The minimum Gasteiger partial charge on any atom is -0.481 e. The molecule has 0 amide bonds. The van der Waals surface area contributed by atoms with Crippen molar-refractivity contribution in [2.24, 2.45) is 18.9 Å². The van der Waals surface area contributed by atoms with Gasteiger partial charge in [0.15, 0.2) is 0 Å². The molecule has 1 fully saturated rings. The highest BCUT2D eigenvalue weighted by Gasteiger charge is 2.39. The van der Waals surface area contributed by atoms with E-state index in [1.807, 2.05) is 6.92 Å². The highest BCUT2D eigenvalue weighted by molar-refractivity contribution is 5.73. The van der Waals surface area contributed by atoms with Gasteiger partial charge >= 0.3 is 11.7 Å². The molecule has 1 aliphatic heterocycles. The summed E-state index contributed by atoms with van der Waals surface area (Å²) in [4.78, 5) is 23.5. The largest absolute Gasteiger partial charge is 0.481 e. The third-order valence-corrected chi connectivity index (χ3v) is 3.57. The zero-order valence-corrected chi connectivity index (χ0v) is 11.0. The lowest BCUT2D eigenvalue weighted by Gasteiger charge is -2.16. The standard InChI is InChI=1S/C11H16N4O4/c1-6-4-14(5-8(6)11(16)17)10-9(15(18)19)7(2)12-13(10)3/h6,8H,4-5H2,1-3H3,(H,16,17). The molecule has 1 N–H and O–H groups in total. The molecule has 0 bridgehead atoms. The average molecular weight is 268 g/mol. The lowest BCUT2D eigenvalue weighted by molar-refractivity contribution is -0.384. The number of hydrogen-bond acceptors (Lipinski definition) is 5. The second kappa shape index (κ2) is 4.52. The highest BCUT2D eigenvalue weighted by atomic mass is 16.6. The van der Waals surface area contributed by atoms with Gasteiger partial charge in [0.1, 0.15) is 5.69 Å². The summed E-state index contributed by atoms with van der Waals surface area (Å²) in [6, 6.07) is 0. The Morgan fingerprint density at radius 1 is 1.53 bits per heavy atom. The van der Waals surface area contributed by atoms with Gasteiger partial charge in [0.05, 0.1) is 10.8 Å². The summed E-state index contributed by atoms with van der Waals surface area (Å²) in [5.41, 5.74) is 0.301. The van der Waals surface area contributed by atoms with Gasteiger partial charge in [-0.1, -0.05) is 6.92 Å². The molecular weight excluding hydrogens is 252 g/mol. The lowest BCUT2D eigenvalue weighted by Crippen LogP contribution is -2.25. The van der Waals surface area contributed by atoms with Gasteiger partial charge < -0.3 is 10.0 Å². The average Bonchev–Trinajstić information content (AvgIpc) is 2.78. The molecule has 2 heterocycles. The van der Waals surface area contributed by atoms with Gasteiger partial charge in [-0.25, -0.2) is 4.68 Å². The van der Waals surface area contributed by atoms with E-state index in [0.717, 1.165) is 0 Å². The molecule has 0 aromatic carbocycles. The number of aromatic nitrogens is 2. The summed E-state index contributed by atoms with van der Waals surface area (Å²) in [6.07, 6.45) is 0. The van der Waals surface area contributed by atoms with Gasteiger partial charge in [-0.2, -0.15) is 5.10 Å². The Bertz CT molecular complexity index is 539. The predicted molar refractivity (Wildman–Crippen MR) is 67.1 cm³/mol. The first-order valence-electron chi connectivity index (χ1n) is 5.98. The normalized spacial score (nSPS) is 22.8. The number of nitrogens with zero attached hydrogens (tertiary/aromatic N) is 4. The van der Waals surface area contributed by atoms with Crippen molar-refractivity contribution in [1.29, 1.82) is 0 Å². The number of aliphatic carboxylic acids is 1. The van der Waals surface area contributed by atoms with Crippen molar-refractivity contribution in [2.45, 2.75) is 13.8 Å². The van der Waals surface area contributed by atoms with Crippen molar-refractivity contribution in [3.63, 3.8) is 0 Å². The Labute approximate surface area is 109 Å². The summed E-state index contributed by atoms with van der Waals surface area (Å²) in [5, 5.41) is 24.3. The molecule has 19 heavy (non-hydrogen) atoms. The third-order valence-electron chi connectivity index (χ3n) is 3.57. The fraction of sp³-hybridized carbons (Fsp3) is 0.636. The Morgan fingerprint density at radius 2 is 2.16 bits per heavy atom. The molecule has 8 nitrogen and oxygen atoms in total. The first-order chi connectivity index (χ1) is 8.82. The van der Waals surface area contributed by atoms with Gasteiger partial charge in [-0.15, -0.1) is 0 Å². The first kappa shape index (κ1) is 13.3. The number of carboxylic acids is 1. The van der Waals surface area contributed by atoms with Crippen LogP contribution in [0.25, 0.3) is 0 Å². The topological polar surface area (TPSA) is 102 Å². The van der Waals surface area contributed by atoms with Crippen molar-refractivity contribution < 1.29 is 14.8 Å². The van der Waals surface area contributed by atoms with Crippen LogP contribution in [0.2, 0.25) is 0 Å². The van der Waals surface area contributed by atoms with Crippen LogP contribution in [0.3, 0.4) is 0 Å². The molecule has 104 valence electrons. The van der Waals surface area contributed by atoms with E-state index in [0.29, 0.717) is 18.1 Å². The van der Waals surface area contributed by atoms with E-state index in [1.54, 1.807) is 18.9 Å². The molecule has 2 rings (SSSR count). The summed E-state index contributed by atoms with van der Waals surface area (Å²) in [6.45, 7) is 4.18.